The molecule has 3 heterocycles. The topological polar surface area (TPSA) is 81.9 Å². The van der Waals surface area contributed by atoms with Gasteiger partial charge in [-0.1, -0.05) is 13.0 Å². The van der Waals surface area contributed by atoms with Gasteiger partial charge in [0.05, 0.1) is 17.9 Å². The number of pyridine rings is 1. The molecule has 2 aromatic heterocycles. The lowest BCUT2D eigenvalue weighted by Gasteiger charge is -2.30. The van der Waals surface area contributed by atoms with Crippen LogP contribution in [0.5, 0.6) is 5.75 Å². The molecular formula is C24H26N2O5. The van der Waals surface area contributed by atoms with E-state index in [0.29, 0.717) is 44.2 Å². The summed E-state index contributed by atoms with van der Waals surface area (Å²) in [7, 11) is 0. The maximum Gasteiger partial charge on any atom is 0.336 e. The molecule has 162 valence electrons. The van der Waals surface area contributed by atoms with Gasteiger partial charge in [-0.25, -0.2) is 4.79 Å². The predicted octanol–water partition coefficient (Wildman–Crippen LogP) is 3.73. The fourth-order valence-corrected chi connectivity index (χ4v) is 3.84. The van der Waals surface area contributed by atoms with Crippen molar-refractivity contribution in [3.63, 3.8) is 0 Å². The van der Waals surface area contributed by atoms with Crippen molar-refractivity contribution in [2.24, 2.45) is 0 Å². The second kappa shape index (κ2) is 9.31. The maximum atomic E-state index is 12.1. The van der Waals surface area contributed by atoms with E-state index >= 15 is 0 Å². The number of esters is 1. The number of hydrogen-bond acceptors (Lipinski definition) is 7. The van der Waals surface area contributed by atoms with Gasteiger partial charge in [-0.3, -0.25) is 14.7 Å². The second-order valence-electron chi connectivity index (χ2n) is 7.77. The Morgan fingerprint density at radius 1 is 1.29 bits per heavy atom. The Hall–Kier alpha value is -3.19. The molecule has 4 rings (SSSR count). The van der Waals surface area contributed by atoms with Gasteiger partial charge in [0.25, 0.3) is 0 Å². The molecule has 0 bridgehead atoms. The minimum absolute atomic E-state index is 0.223. The third-order valence-corrected chi connectivity index (χ3v) is 5.32. The number of hydrogen-bond donors (Lipinski definition) is 0. The Morgan fingerprint density at radius 2 is 2.16 bits per heavy atom. The van der Waals surface area contributed by atoms with Crippen molar-refractivity contribution in [1.29, 1.82) is 0 Å². The Labute approximate surface area is 180 Å². The lowest BCUT2D eigenvalue weighted by atomic mass is 9.97. The van der Waals surface area contributed by atoms with E-state index in [1.54, 1.807) is 6.20 Å². The summed E-state index contributed by atoms with van der Waals surface area (Å²) in [6, 6.07) is 9.26. The van der Waals surface area contributed by atoms with Crippen molar-refractivity contribution < 1.29 is 18.7 Å². The first-order valence-corrected chi connectivity index (χ1v) is 10.5. The van der Waals surface area contributed by atoms with Crippen LogP contribution in [0.15, 0.2) is 45.7 Å². The summed E-state index contributed by atoms with van der Waals surface area (Å²) >= 11 is 0. The lowest BCUT2D eigenvalue weighted by Crippen LogP contribution is -2.32. The molecule has 0 atom stereocenters. The van der Waals surface area contributed by atoms with E-state index in [1.807, 2.05) is 38.1 Å². The highest BCUT2D eigenvalue weighted by Gasteiger charge is 2.26. The van der Waals surface area contributed by atoms with E-state index in [0.717, 1.165) is 34.2 Å². The highest BCUT2D eigenvalue weighted by atomic mass is 16.5. The van der Waals surface area contributed by atoms with Gasteiger partial charge in [0.2, 0.25) is 0 Å². The predicted molar refractivity (Wildman–Crippen MR) is 116 cm³/mol. The minimum Gasteiger partial charge on any atom is -0.477 e. The van der Waals surface area contributed by atoms with Crippen LogP contribution in [0, 0.1) is 6.92 Å². The molecule has 0 fully saturated rings. The van der Waals surface area contributed by atoms with Crippen LogP contribution in [0.25, 0.3) is 11.0 Å². The van der Waals surface area contributed by atoms with Crippen LogP contribution in [-0.4, -0.2) is 29.2 Å². The molecule has 1 aliphatic heterocycles. The molecule has 1 aromatic carbocycles. The summed E-state index contributed by atoms with van der Waals surface area (Å²) in [5, 5.41) is 0.860. The molecule has 0 saturated carbocycles. The average molecular weight is 422 g/mol. The first-order chi connectivity index (χ1) is 15.0. The molecule has 3 aromatic rings. The summed E-state index contributed by atoms with van der Waals surface area (Å²) in [4.78, 5) is 30.6. The van der Waals surface area contributed by atoms with Gasteiger partial charge >= 0.3 is 11.6 Å². The number of fused-ring (bicyclic) bond motifs is 3. The number of rotatable bonds is 7. The van der Waals surface area contributed by atoms with Gasteiger partial charge in [-0.05, 0) is 49.1 Å². The minimum atomic E-state index is -0.384. The first kappa shape index (κ1) is 21.1. The zero-order valence-electron chi connectivity index (χ0n) is 17.8. The van der Waals surface area contributed by atoms with Crippen molar-refractivity contribution in [2.75, 3.05) is 13.3 Å². The second-order valence-corrected chi connectivity index (χ2v) is 7.77. The zero-order valence-corrected chi connectivity index (χ0v) is 17.8. The average Bonchev–Trinajstić information content (AvgIpc) is 2.77. The van der Waals surface area contributed by atoms with Crippen LogP contribution in [0.1, 0.15) is 42.1 Å². The fraction of sp³-hybridized carbons (Fsp3) is 0.375. The number of carbonyl (C=O) groups excluding carboxylic acids is 1. The Morgan fingerprint density at radius 3 is 2.94 bits per heavy atom. The largest absolute Gasteiger partial charge is 0.477 e. The summed E-state index contributed by atoms with van der Waals surface area (Å²) in [5.74, 6) is 0.474. The number of aryl methyl sites for hydroxylation is 2. The van der Waals surface area contributed by atoms with Crippen molar-refractivity contribution in [3.05, 3.63) is 69.3 Å². The van der Waals surface area contributed by atoms with E-state index in [1.165, 1.54) is 6.07 Å². The van der Waals surface area contributed by atoms with Gasteiger partial charge < -0.3 is 13.9 Å². The third-order valence-electron chi connectivity index (χ3n) is 5.32. The van der Waals surface area contributed by atoms with Crippen molar-refractivity contribution in [1.82, 2.24) is 9.88 Å². The Bertz CT molecular complexity index is 1140. The SMILES string of the molecule is CCCOC(=O)CCc1cc2c(C)cc(=O)oc2c2c1OCN(Cc1ccccn1)C2. The monoisotopic (exact) mass is 422 g/mol. The molecule has 1 aliphatic rings. The smallest absolute Gasteiger partial charge is 0.336 e. The molecule has 0 radical (unpaired) electrons. The quantitative estimate of drug-likeness (QED) is 0.424. The van der Waals surface area contributed by atoms with Crippen LogP contribution >= 0.6 is 0 Å². The van der Waals surface area contributed by atoms with Crippen LogP contribution in [0.2, 0.25) is 0 Å². The number of aromatic nitrogens is 1. The van der Waals surface area contributed by atoms with E-state index in [4.69, 9.17) is 13.9 Å². The Balaban J connectivity index is 1.67. The van der Waals surface area contributed by atoms with E-state index in [9.17, 15) is 9.59 Å². The van der Waals surface area contributed by atoms with Crippen LogP contribution < -0.4 is 10.4 Å². The molecule has 7 nitrogen and oxygen atoms in total. The molecule has 0 unspecified atom stereocenters. The molecule has 7 heteroatoms. The molecular weight excluding hydrogens is 396 g/mol. The van der Waals surface area contributed by atoms with E-state index < -0.39 is 0 Å². The highest BCUT2D eigenvalue weighted by Crippen LogP contribution is 2.37. The zero-order chi connectivity index (χ0) is 21.8. The third kappa shape index (κ3) is 4.77. The number of carbonyl (C=O) groups is 1. The van der Waals surface area contributed by atoms with Crippen LogP contribution in [-0.2, 0) is 29.0 Å². The fourth-order valence-electron chi connectivity index (χ4n) is 3.84. The summed E-state index contributed by atoms with van der Waals surface area (Å²) < 4.78 is 16.9. The summed E-state index contributed by atoms with van der Waals surface area (Å²) in [6.45, 7) is 5.85. The van der Waals surface area contributed by atoms with Gasteiger partial charge in [-0.2, -0.15) is 0 Å². The van der Waals surface area contributed by atoms with Gasteiger partial charge in [-0.15, -0.1) is 0 Å². The maximum absolute atomic E-state index is 12.1. The normalized spacial score (nSPS) is 13.6. The standard InChI is InChI=1S/C24H26N2O5/c1-3-10-29-21(27)8-7-17-12-19-16(2)11-22(28)31-24(19)20-14-26(15-30-23(17)20)13-18-6-4-5-9-25-18/h4-6,9,11-12H,3,7-8,10,13-15H2,1-2H3. The molecule has 0 saturated heterocycles. The first-order valence-electron chi connectivity index (χ1n) is 10.5. The molecule has 0 amide bonds. The number of ether oxygens (including phenoxy) is 2. The van der Waals surface area contributed by atoms with Crippen molar-refractivity contribution >= 4 is 16.9 Å². The molecule has 31 heavy (non-hydrogen) atoms. The number of nitrogens with zero attached hydrogens (tertiary/aromatic N) is 2. The summed E-state index contributed by atoms with van der Waals surface area (Å²) in [5.41, 5.74) is 3.69. The highest BCUT2D eigenvalue weighted by molar-refractivity contribution is 5.86. The number of benzene rings is 1. The van der Waals surface area contributed by atoms with Gasteiger partial charge in [0.1, 0.15) is 18.1 Å². The van der Waals surface area contributed by atoms with Gasteiger partial charge in [0, 0.05) is 37.2 Å². The molecule has 0 aliphatic carbocycles. The van der Waals surface area contributed by atoms with Crippen LogP contribution in [0.3, 0.4) is 0 Å². The lowest BCUT2D eigenvalue weighted by molar-refractivity contribution is -0.143. The van der Waals surface area contributed by atoms with Gasteiger partial charge in [0.15, 0.2) is 0 Å². The van der Waals surface area contributed by atoms with Crippen LogP contribution in [0.4, 0.5) is 0 Å². The molecule has 0 N–H and O–H groups in total. The molecule has 0 spiro atoms. The summed E-state index contributed by atoms with van der Waals surface area (Å²) in [6.07, 6.45) is 3.33. The van der Waals surface area contributed by atoms with E-state index in [2.05, 4.69) is 9.88 Å². The van der Waals surface area contributed by atoms with Crippen molar-refractivity contribution in [2.45, 2.75) is 46.2 Å². The van der Waals surface area contributed by atoms with E-state index in [-0.39, 0.29) is 18.0 Å². The Kier molecular flexibility index (Phi) is 6.32. The van der Waals surface area contributed by atoms with Crippen molar-refractivity contribution in [3.8, 4) is 5.75 Å².